The van der Waals surface area contributed by atoms with Crippen LogP contribution in [0.25, 0.3) is 0 Å². The third-order valence-corrected chi connectivity index (χ3v) is 4.39. The number of aryl methyl sites for hydroxylation is 1. The summed E-state index contributed by atoms with van der Waals surface area (Å²) in [7, 11) is 0. The standard InChI is InChI=1S/C14H22N4O/c1-11-16-12(8-13(19)17-11)18-7-3-5-14(10-18)4-2-6-15-9-14/h8,15H,2-7,9-10H2,1H3,(H,16,17,19). The van der Waals surface area contributed by atoms with E-state index in [1.807, 2.05) is 6.92 Å². The quantitative estimate of drug-likeness (QED) is 0.794. The molecule has 0 saturated carbocycles. The maximum atomic E-state index is 11.6. The van der Waals surface area contributed by atoms with Crippen molar-refractivity contribution in [3.63, 3.8) is 0 Å². The van der Waals surface area contributed by atoms with E-state index in [-0.39, 0.29) is 5.56 Å². The molecule has 2 aliphatic rings. The van der Waals surface area contributed by atoms with Gasteiger partial charge in [0.2, 0.25) is 0 Å². The van der Waals surface area contributed by atoms with Crippen LogP contribution >= 0.6 is 0 Å². The maximum Gasteiger partial charge on any atom is 0.252 e. The fraction of sp³-hybridized carbons (Fsp3) is 0.714. The Hall–Kier alpha value is -1.36. The van der Waals surface area contributed by atoms with Crippen LogP contribution in [-0.4, -0.2) is 36.1 Å². The number of anilines is 1. The van der Waals surface area contributed by atoms with Crippen molar-refractivity contribution in [2.45, 2.75) is 32.6 Å². The first-order valence-corrected chi connectivity index (χ1v) is 7.21. The maximum absolute atomic E-state index is 11.6. The number of piperidine rings is 2. The Morgan fingerprint density at radius 2 is 2.21 bits per heavy atom. The molecule has 3 heterocycles. The second-order valence-electron chi connectivity index (χ2n) is 5.99. The number of nitrogens with zero attached hydrogens (tertiary/aromatic N) is 2. The van der Waals surface area contributed by atoms with Crippen LogP contribution in [0.1, 0.15) is 31.5 Å². The van der Waals surface area contributed by atoms with Crippen LogP contribution in [0.15, 0.2) is 10.9 Å². The highest BCUT2D eigenvalue weighted by Gasteiger charge is 2.36. The van der Waals surface area contributed by atoms with Crippen LogP contribution in [0.4, 0.5) is 5.82 Å². The third kappa shape index (κ3) is 2.66. The molecule has 0 aromatic carbocycles. The molecular weight excluding hydrogens is 240 g/mol. The summed E-state index contributed by atoms with van der Waals surface area (Å²) in [5.74, 6) is 1.54. The minimum absolute atomic E-state index is 0.0520. The van der Waals surface area contributed by atoms with Gasteiger partial charge in [0, 0.05) is 31.1 Å². The molecule has 0 amide bonds. The normalized spacial score (nSPS) is 27.7. The van der Waals surface area contributed by atoms with Gasteiger partial charge in [-0.3, -0.25) is 4.79 Å². The monoisotopic (exact) mass is 262 g/mol. The van der Waals surface area contributed by atoms with Crippen molar-refractivity contribution in [1.29, 1.82) is 0 Å². The molecule has 1 aromatic heterocycles. The van der Waals surface area contributed by atoms with E-state index < -0.39 is 0 Å². The van der Waals surface area contributed by atoms with Gasteiger partial charge in [0.15, 0.2) is 0 Å². The van der Waals surface area contributed by atoms with E-state index in [0.29, 0.717) is 11.2 Å². The zero-order valence-corrected chi connectivity index (χ0v) is 11.5. The number of aromatic nitrogens is 2. The topological polar surface area (TPSA) is 61.0 Å². The first-order chi connectivity index (χ1) is 9.17. The van der Waals surface area contributed by atoms with Crippen molar-refractivity contribution in [1.82, 2.24) is 15.3 Å². The molecule has 2 N–H and O–H groups in total. The molecule has 2 fully saturated rings. The first-order valence-electron chi connectivity index (χ1n) is 7.21. The summed E-state index contributed by atoms with van der Waals surface area (Å²) in [6.07, 6.45) is 5.03. The fourth-order valence-electron chi connectivity index (χ4n) is 3.51. The molecule has 1 spiro atoms. The van der Waals surface area contributed by atoms with E-state index in [4.69, 9.17) is 0 Å². The predicted molar refractivity (Wildman–Crippen MR) is 75.6 cm³/mol. The summed E-state index contributed by atoms with van der Waals surface area (Å²) in [6, 6.07) is 1.63. The number of H-pyrrole nitrogens is 1. The molecule has 1 aromatic rings. The number of hydrogen-bond acceptors (Lipinski definition) is 4. The number of aromatic amines is 1. The van der Waals surface area contributed by atoms with Gasteiger partial charge in [0.1, 0.15) is 11.6 Å². The molecule has 3 rings (SSSR count). The summed E-state index contributed by atoms with van der Waals surface area (Å²) in [4.78, 5) is 21.1. The molecule has 1 atom stereocenters. The van der Waals surface area contributed by atoms with Gasteiger partial charge in [-0.05, 0) is 39.2 Å². The van der Waals surface area contributed by atoms with Crippen LogP contribution in [0.3, 0.4) is 0 Å². The smallest absolute Gasteiger partial charge is 0.252 e. The first kappa shape index (κ1) is 12.7. The predicted octanol–water partition coefficient (Wildman–Crippen LogP) is 1.05. The Bertz CT molecular complexity index is 499. The number of nitrogens with one attached hydrogen (secondary N) is 2. The van der Waals surface area contributed by atoms with Gasteiger partial charge in [0.05, 0.1) is 0 Å². The van der Waals surface area contributed by atoms with Crippen LogP contribution < -0.4 is 15.8 Å². The van der Waals surface area contributed by atoms with Gasteiger partial charge in [-0.25, -0.2) is 4.98 Å². The van der Waals surface area contributed by atoms with Crippen LogP contribution in [0.5, 0.6) is 0 Å². The van der Waals surface area contributed by atoms with E-state index in [1.54, 1.807) is 6.07 Å². The van der Waals surface area contributed by atoms with Crippen molar-refractivity contribution in [2.24, 2.45) is 5.41 Å². The minimum atomic E-state index is -0.0520. The second kappa shape index (κ2) is 4.96. The lowest BCUT2D eigenvalue weighted by molar-refractivity contribution is 0.173. The lowest BCUT2D eigenvalue weighted by atomic mass is 9.74. The number of hydrogen-bond donors (Lipinski definition) is 2. The Kier molecular flexibility index (Phi) is 3.31. The molecule has 0 aliphatic carbocycles. The van der Waals surface area contributed by atoms with Crippen molar-refractivity contribution in [3.8, 4) is 0 Å². The average Bonchev–Trinajstić information content (AvgIpc) is 2.38. The van der Waals surface area contributed by atoms with Crippen LogP contribution in [0, 0.1) is 12.3 Å². The SMILES string of the molecule is Cc1nc(N2CCCC3(CCCNC3)C2)cc(=O)[nH]1. The third-order valence-electron chi connectivity index (χ3n) is 4.39. The Balaban J connectivity index is 1.82. The highest BCUT2D eigenvalue weighted by molar-refractivity contribution is 5.38. The molecule has 2 aliphatic heterocycles. The largest absolute Gasteiger partial charge is 0.356 e. The van der Waals surface area contributed by atoms with Crippen molar-refractivity contribution >= 4 is 5.82 Å². The minimum Gasteiger partial charge on any atom is -0.356 e. The highest BCUT2D eigenvalue weighted by atomic mass is 16.1. The summed E-state index contributed by atoms with van der Waals surface area (Å²) in [5, 5.41) is 3.53. The molecule has 104 valence electrons. The fourth-order valence-corrected chi connectivity index (χ4v) is 3.51. The van der Waals surface area contributed by atoms with Crippen molar-refractivity contribution in [3.05, 3.63) is 22.2 Å². The van der Waals surface area contributed by atoms with Gasteiger partial charge in [-0.2, -0.15) is 0 Å². The average molecular weight is 262 g/mol. The lowest BCUT2D eigenvalue weighted by Gasteiger charge is -2.45. The van der Waals surface area contributed by atoms with E-state index in [9.17, 15) is 4.79 Å². The highest BCUT2D eigenvalue weighted by Crippen LogP contribution is 2.36. The van der Waals surface area contributed by atoms with E-state index >= 15 is 0 Å². The summed E-state index contributed by atoms with van der Waals surface area (Å²) in [6.45, 7) is 6.12. The second-order valence-corrected chi connectivity index (χ2v) is 5.99. The molecule has 19 heavy (non-hydrogen) atoms. The van der Waals surface area contributed by atoms with Crippen LogP contribution in [-0.2, 0) is 0 Å². The molecular formula is C14H22N4O. The van der Waals surface area contributed by atoms with Gasteiger partial charge in [-0.1, -0.05) is 0 Å². The van der Waals surface area contributed by atoms with E-state index in [1.165, 1.54) is 25.7 Å². The van der Waals surface area contributed by atoms with Crippen molar-refractivity contribution < 1.29 is 0 Å². The molecule has 0 radical (unpaired) electrons. The Morgan fingerprint density at radius 3 is 2.95 bits per heavy atom. The van der Waals surface area contributed by atoms with Gasteiger partial charge in [0.25, 0.3) is 5.56 Å². The summed E-state index contributed by atoms with van der Waals surface area (Å²) >= 11 is 0. The Labute approximate surface area is 113 Å². The summed E-state index contributed by atoms with van der Waals surface area (Å²) < 4.78 is 0. The zero-order chi connectivity index (χ0) is 13.3. The molecule has 2 saturated heterocycles. The molecule has 0 bridgehead atoms. The number of rotatable bonds is 1. The van der Waals surface area contributed by atoms with Crippen molar-refractivity contribution in [2.75, 3.05) is 31.1 Å². The van der Waals surface area contributed by atoms with Gasteiger partial charge < -0.3 is 15.2 Å². The van der Waals surface area contributed by atoms with Gasteiger partial charge in [-0.15, -0.1) is 0 Å². The zero-order valence-electron chi connectivity index (χ0n) is 11.5. The Morgan fingerprint density at radius 1 is 1.37 bits per heavy atom. The molecule has 5 heteroatoms. The van der Waals surface area contributed by atoms with Gasteiger partial charge >= 0.3 is 0 Å². The molecule has 5 nitrogen and oxygen atoms in total. The van der Waals surface area contributed by atoms with Crippen LogP contribution in [0.2, 0.25) is 0 Å². The lowest BCUT2D eigenvalue weighted by Crippen LogP contribution is -2.51. The van der Waals surface area contributed by atoms with E-state index in [0.717, 1.165) is 32.0 Å². The molecule has 1 unspecified atom stereocenters. The summed E-state index contributed by atoms with van der Waals surface area (Å²) in [5.41, 5.74) is 0.332. The van der Waals surface area contributed by atoms with E-state index in [2.05, 4.69) is 20.2 Å².